The van der Waals surface area contributed by atoms with Crippen LogP contribution in [-0.2, 0) is 9.31 Å². The molecule has 0 radical (unpaired) electrons. The monoisotopic (exact) mass is 353 g/mol. The first-order valence-corrected chi connectivity index (χ1v) is 8.45. The zero-order valence-electron chi connectivity index (χ0n) is 14.3. The van der Waals surface area contributed by atoms with Crippen LogP contribution in [0.15, 0.2) is 12.1 Å². The second kappa shape index (κ2) is 5.90. The van der Waals surface area contributed by atoms with Gasteiger partial charge in [-0.25, -0.2) is 0 Å². The van der Waals surface area contributed by atoms with Gasteiger partial charge in [0.25, 0.3) is 0 Å². The number of nitrogens with zero attached hydrogens (tertiary/aromatic N) is 1. The van der Waals surface area contributed by atoms with E-state index >= 15 is 0 Å². The fraction of sp³-hybridized carbons (Fsp3) is 0.625. The molecule has 1 aromatic rings. The molecule has 0 N–H and O–H groups in total. The molecule has 1 saturated carbocycles. The smallest absolute Gasteiger partial charge is 0.487 e. The average Bonchev–Trinajstić information content (AvgIpc) is 3.24. The molecule has 0 spiro atoms. The van der Waals surface area contributed by atoms with Crippen molar-refractivity contribution in [1.82, 2.24) is 0 Å². The lowest BCUT2D eigenvalue weighted by molar-refractivity contribution is -0.385. The molecule has 1 aromatic carbocycles. The van der Waals surface area contributed by atoms with E-state index in [4.69, 9.17) is 25.6 Å². The summed E-state index contributed by atoms with van der Waals surface area (Å²) < 4.78 is 17.7. The van der Waals surface area contributed by atoms with Crippen LogP contribution in [0.4, 0.5) is 5.69 Å². The molecule has 0 amide bonds. The van der Waals surface area contributed by atoms with Crippen molar-refractivity contribution in [3.8, 4) is 5.75 Å². The highest BCUT2D eigenvalue weighted by Gasteiger charge is 2.52. The molecule has 1 saturated heterocycles. The predicted octanol–water partition coefficient (Wildman–Crippen LogP) is 3.34. The lowest BCUT2D eigenvalue weighted by Crippen LogP contribution is -2.41. The Morgan fingerprint density at radius 2 is 1.88 bits per heavy atom. The zero-order chi connectivity index (χ0) is 17.7. The van der Waals surface area contributed by atoms with Crippen LogP contribution in [0, 0.1) is 16.0 Å². The number of benzene rings is 1. The summed E-state index contributed by atoms with van der Waals surface area (Å²) >= 11 is 6.27. The lowest BCUT2D eigenvalue weighted by atomic mass is 9.78. The Hall–Kier alpha value is -1.31. The molecule has 130 valence electrons. The Balaban J connectivity index is 1.93. The molecule has 3 rings (SSSR count). The van der Waals surface area contributed by atoms with Gasteiger partial charge in [-0.1, -0.05) is 11.6 Å². The standard InChI is InChI=1S/C16H21BClNO5/c1-15(2)16(3,4)24-17(23-15)11-7-14(22-9-10-5-6-10)13(19(20)21)8-12(11)18/h7-8,10H,5-6,9H2,1-4H3. The SMILES string of the molecule is CC1(C)OB(c2cc(OCC3CC3)c([N+](=O)[O-])cc2Cl)OC1(C)C. The molecule has 2 aliphatic rings. The highest BCUT2D eigenvalue weighted by molar-refractivity contribution is 6.65. The molecule has 8 heteroatoms. The summed E-state index contributed by atoms with van der Waals surface area (Å²) in [7, 11) is -0.688. The van der Waals surface area contributed by atoms with Crippen molar-refractivity contribution in [2.45, 2.75) is 51.7 Å². The van der Waals surface area contributed by atoms with Gasteiger partial charge in [0.15, 0.2) is 5.75 Å². The Morgan fingerprint density at radius 1 is 1.29 bits per heavy atom. The normalized spacial score (nSPS) is 21.8. The molecule has 1 aliphatic carbocycles. The van der Waals surface area contributed by atoms with Crippen molar-refractivity contribution in [3.05, 3.63) is 27.3 Å². The number of rotatable bonds is 5. The zero-order valence-corrected chi connectivity index (χ0v) is 15.1. The molecule has 0 aromatic heterocycles. The van der Waals surface area contributed by atoms with E-state index in [1.54, 1.807) is 6.07 Å². The Morgan fingerprint density at radius 3 is 2.38 bits per heavy atom. The van der Waals surface area contributed by atoms with Gasteiger partial charge in [0.05, 0.1) is 22.7 Å². The van der Waals surface area contributed by atoms with Gasteiger partial charge in [-0.3, -0.25) is 10.1 Å². The minimum atomic E-state index is -0.688. The lowest BCUT2D eigenvalue weighted by Gasteiger charge is -2.32. The van der Waals surface area contributed by atoms with E-state index in [1.165, 1.54) is 6.07 Å². The minimum Gasteiger partial charge on any atom is -0.487 e. The van der Waals surface area contributed by atoms with Crippen LogP contribution < -0.4 is 10.2 Å². The van der Waals surface area contributed by atoms with Crippen LogP contribution in [0.2, 0.25) is 5.02 Å². The first kappa shape index (κ1) is 17.5. The maximum atomic E-state index is 11.3. The van der Waals surface area contributed by atoms with Crippen molar-refractivity contribution in [3.63, 3.8) is 0 Å². The van der Waals surface area contributed by atoms with Gasteiger partial charge in [0.2, 0.25) is 0 Å². The number of halogens is 1. The van der Waals surface area contributed by atoms with Gasteiger partial charge in [-0.05, 0) is 52.5 Å². The summed E-state index contributed by atoms with van der Waals surface area (Å²) in [5.41, 5.74) is -0.622. The molecule has 0 atom stereocenters. The van der Waals surface area contributed by atoms with Crippen molar-refractivity contribution < 1.29 is 19.0 Å². The van der Waals surface area contributed by atoms with Crippen LogP contribution in [-0.4, -0.2) is 29.9 Å². The summed E-state index contributed by atoms with van der Waals surface area (Å²) in [6.07, 6.45) is 2.21. The Labute approximate surface area is 146 Å². The van der Waals surface area contributed by atoms with Crippen LogP contribution in [0.5, 0.6) is 5.75 Å². The van der Waals surface area contributed by atoms with Crippen molar-refractivity contribution in [2.24, 2.45) is 5.92 Å². The third kappa shape index (κ3) is 3.25. The third-order valence-electron chi connectivity index (χ3n) is 4.95. The van der Waals surface area contributed by atoms with Crippen LogP contribution in [0.25, 0.3) is 0 Å². The molecular formula is C16H21BClNO5. The second-order valence-electron chi connectivity index (χ2n) is 7.44. The fourth-order valence-corrected chi connectivity index (χ4v) is 2.71. The maximum Gasteiger partial charge on any atom is 0.496 e. The predicted molar refractivity (Wildman–Crippen MR) is 92.0 cm³/mol. The maximum absolute atomic E-state index is 11.3. The van der Waals surface area contributed by atoms with E-state index in [0.29, 0.717) is 18.0 Å². The Kier molecular flexibility index (Phi) is 4.30. The summed E-state index contributed by atoms with van der Waals surface area (Å²) in [6, 6.07) is 2.88. The average molecular weight is 354 g/mol. The van der Waals surface area contributed by atoms with E-state index in [9.17, 15) is 10.1 Å². The third-order valence-corrected chi connectivity index (χ3v) is 5.28. The molecule has 1 aliphatic heterocycles. The van der Waals surface area contributed by atoms with Crippen molar-refractivity contribution in [1.29, 1.82) is 0 Å². The minimum absolute atomic E-state index is 0.138. The summed E-state index contributed by atoms with van der Waals surface area (Å²) in [4.78, 5) is 10.8. The van der Waals surface area contributed by atoms with Crippen LogP contribution in [0.3, 0.4) is 0 Å². The largest absolute Gasteiger partial charge is 0.496 e. The summed E-state index contributed by atoms with van der Waals surface area (Å²) in [5.74, 6) is 0.696. The Bertz CT molecular complexity index is 659. The summed E-state index contributed by atoms with van der Waals surface area (Å²) in [6.45, 7) is 8.24. The summed E-state index contributed by atoms with van der Waals surface area (Å²) in [5, 5.41) is 11.5. The van der Waals surface area contributed by atoms with E-state index < -0.39 is 23.2 Å². The van der Waals surface area contributed by atoms with Crippen LogP contribution >= 0.6 is 11.6 Å². The van der Waals surface area contributed by atoms with Gasteiger partial charge in [0, 0.05) is 16.6 Å². The van der Waals surface area contributed by atoms with Crippen molar-refractivity contribution in [2.75, 3.05) is 6.61 Å². The molecular weight excluding hydrogens is 332 g/mol. The number of nitro benzene ring substituents is 1. The van der Waals surface area contributed by atoms with Gasteiger partial charge >= 0.3 is 12.8 Å². The molecule has 0 bridgehead atoms. The molecule has 1 heterocycles. The quantitative estimate of drug-likeness (QED) is 0.461. The first-order valence-electron chi connectivity index (χ1n) is 8.07. The molecule has 6 nitrogen and oxygen atoms in total. The molecule has 0 unspecified atom stereocenters. The van der Waals surface area contributed by atoms with Gasteiger partial charge in [-0.15, -0.1) is 0 Å². The van der Waals surface area contributed by atoms with Gasteiger partial charge in [0.1, 0.15) is 0 Å². The number of nitro groups is 1. The highest BCUT2D eigenvalue weighted by Crippen LogP contribution is 2.39. The van der Waals surface area contributed by atoms with E-state index in [-0.39, 0.29) is 16.5 Å². The van der Waals surface area contributed by atoms with Gasteiger partial charge < -0.3 is 14.0 Å². The number of hydrogen-bond acceptors (Lipinski definition) is 5. The topological polar surface area (TPSA) is 70.8 Å². The van der Waals surface area contributed by atoms with Gasteiger partial charge in [-0.2, -0.15) is 0 Å². The van der Waals surface area contributed by atoms with E-state index in [1.807, 2.05) is 27.7 Å². The van der Waals surface area contributed by atoms with Crippen LogP contribution in [0.1, 0.15) is 40.5 Å². The van der Waals surface area contributed by atoms with Crippen molar-refractivity contribution >= 4 is 29.9 Å². The second-order valence-corrected chi connectivity index (χ2v) is 7.85. The number of ether oxygens (including phenoxy) is 1. The highest BCUT2D eigenvalue weighted by atomic mass is 35.5. The van der Waals surface area contributed by atoms with E-state index in [2.05, 4.69) is 0 Å². The fourth-order valence-electron chi connectivity index (χ4n) is 2.46. The first-order chi connectivity index (χ1) is 11.1. The molecule has 24 heavy (non-hydrogen) atoms. The number of hydrogen-bond donors (Lipinski definition) is 0. The molecule has 2 fully saturated rings. The van der Waals surface area contributed by atoms with E-state index in [0.717, 1.165) is 12.8 Å².